The summed E-state index contributed by atoms with van der Waals surface area (Å²) < 4.78 is 56.3. The first kappa shape index (κ1) is 18.8. The Bertz CT molecular complexity index is 744. The van der Waals surface area contributed by atoms with Crippen molar-refractivity contribution in [3.05, 3.63) is 65.0 Å². The highest BCUT2D eigenvalue weighted by molar-refractivity contribution is 5.76. The van der Waals surface area contributed by atoms with Gasteiger partial charge in [0, 0.05) is 13.0 Å². The number of rotatable bonds is 6. The molecular weight excluding hydrogens is 338 g/mol. The number of carbonyl (C=O) groups is 1. The maximum atomic E-state index is 13.6. The minimum atomic E-state index is -4.42. The molecule has 0 saturated heterocycles. The van der Waals surface area contributed by atoms with Gasteiger partial charge in [-0.05, 0) is 41.8 Å². The van der Waals surface area contributed by atoms with Gasteiger partial charge in [-0.25, -0.2) is 4.39 Å². The molecule has 134 valence electrons. The van der Waals surface area contributed by atoms with Crippen LogP contribution in [0, 0.1) is 5.82 Å². The zero-order chi connectivity index (χ0) is 18.4. The maximum absolute atomic E-state index is 13.6. The number of hydrogen-bond donors (Lipinski definition) is 1. The molecule has 0 radical (unpaired) electrons. The van der Waals surface area contributed by atoms with Crippen LogP contribution in [0.15, 0.2) is 42.5 Å². The fourth-order valence-corrected chi connectivity index (χ4v) is 2.27. The highest BCUT2D eigenvalue weighted by Gasteiger charge is 2.30. The first-order chi connectivity index (χ1) is 11.8. The Balaban J connectivity index is 1.86. The Hall–Kier alpha value is -2.57. The molecule has 2 aromatic carbocycles. The number of ether oxygens (including phenoxy) is 1. The predicted octanol–water partition coefficient (Wildman–Crippen LogP) is 4.10. The van der Waals surface area contributed by atoms with Crippen molar-refractivity contribution < 1.29 is 27.1 Å². The molecule has 2 aromatic rings. The molecule has 0 atom stereocenters. The van der Waals surface area contributed by atoms with Crippen molar-refractivity contribution in [3.63, 3.8) is 0 Å². The van der Waals surface area contributed by atoms with Crippen LogP contribution in [-0.2, 0) is 23.9 Å². The van der Waals surface area contributed by atoms with E-state index >= 15 is 0 Å². The monoisotopic (exact) mass is 355 g/mol. The highest BCUT2D eigenvalue weighted by Crippen LogP contribution is 2.29. The van der Waals surface area contributed by atoms with Gasteiger partial charge in [0.15, 0.2) is 11.6 Å². The molecular formula is C18H17F4NO2. The second-order valence-electron chi connectivity index (χ2n) is 5.44. The van der Waals surface area contributed by atoms with Crippen LogP contribution in [0.2, 0.25) is 0 Å². The average molecular weight is 355 g/mol. The van der Waals surface area contributed by atoms with Gasteiger partial charge in [0.2, 0.25) is 5.91 Å². The fourth-order valence-electron chi connectivity index (χ4n) is 2.27. The van der Waals surface area contributed by atoms with E-state index in [9.17, 15) is 22.4 Å². The van der Waals surface area contributed by atoms with Gasteiger partial charge in [0.05, 0.1) is 12.7 Å². The Morgan fingerprint density at radius 1 is 1.12 bits per heavy atom. The number of amides is 1. The van der Waals surface area contributed by atoms with Gasteiger partial charge in [0.1, 0.15) is 0 Å². The van der Waals surface area contributed by atoms with E-state index in [1.165, 1.54) is 31.4 Å². The standard InChI is InChI=1S/C18H17F4NO2/c1-25-16-7-5-12(10-15(16)19)6-8-17(24)23-11-13-3-2-4-14(9-13)18(20,21)22/h2-5,7,9-10H,6,8,11H2,1H3,(H,23,24). The summed E-state index contributed by atoms with van der Waals surface area (Å²) in [5.74, 6) is -0.712. The minimum absolute atomic E-state index is 0.000271. The first-order valence-corrected chi connectivity index (χ1v) is 7.55. The summed E-state index contributed by atoms with van der Waals surface area (Å²) in [6.07, 6.45) is -4.00. The van der Waals surface area contributed by atoms with E-state index in [2.05, 4.69) is 5.32 Å². The summed E-state index contributed by atoms with van der Waals surface area (Å²) in [6, 6.07) is 9.20. The second kappa shape index (κ2) is 8.00. The number of hydrogen-bond acceptors (Lipinski definition) is 2. The van der Waals surface area contributed by atoms with Crippen LogP contribution in [0.25, 0.3) is 0 Å². The third-order valence-corrected chi connectivity index (χ3v) is 3.60. The lowest BCUT2D eigenvalue weighted by Crippen LogP contribution is -2.23. The Labute approximate surface area is 142 Å². The Morgan fingerprint density at radius 2 is 1.88 bits per heavy atom. The second-order valence-corrected chi connectivity index (χ2v) is 5.44. The van der Waals surface area contributed by atoms with Crippen LogP contribution in [0.4, 0.5) is 17.6 Å². The molecule has 2 rings (SSSR count). The van der Waals surface area contributed by atoms with Gasteiger partial charge in [-0.3, -0.25) is 4.79 Å². The number of benzene rings is 2. The van der Waals surface area contributed by atoms with Gasteiger partial charge in [-0.2, -0.15) is 13.2 Å². The average Bonchev–Trinajstić information content (AvgIpc) is 2.58. The molecule has 0 aliphatic carbocycles. The number of aryl methyl sites for hydroxylation is 1. The molecule has 0 fully saturated rings. The van der Waals surface area contributed by atoms with Crippen molar-refractivity contribution >= 4 is 5.91 Å². The normalized spacial score (nSPS) is 11.2. The van der Waals surface area contributed by atoms with Gasteiger partial charge in [-0.15, -0.1) is 0 Å². The quantitative estimate of drug-likeness (QED) is 0.793. The third kappa shape index (κ3) is 5.48. The molecule has 1 N–H and O–H groups in total. The van der Waals surface area contributed by atoms with Crippen LogP contribution in [0.1, 0.15) is 23.1 Å². The number of nitrogens with one attached hydrogen (secondary N) is 1. The number of methoxy groups -OCH3 is 1. The van der Waals surface area contributed by atoms with Crippen LogP contribution in [0.5, 0.6) is 5.75 Å². The molecule has 0 saturated carbocycles. The van der Waals surface area contributed by atoms with Crippen molar-refractivity contribution in [2.24, 2.45) is 0 Å². The van der Waals surface area contributed by atoms with Crippen molar-refractivity contribution in [3.8, 4) is 5.75 Å². The van der Waals surface area contributed by atoms with Gasteiger partial charge < -0.3 is 10.1 Å². The van der Waals surface area contributed by atoms with E-state index in [0.29, 0.717) is 17.5 Å². The van der Waals surface area contributed by atoms with E-state index in [1.807, 2.05) is 0 Å². The first-order valence-electron chi connectivity index (χ1n) is 7.55. The zero-order valence-corrected chi connectivity index (χ0v) is 13.5. The van der Waals surface area contributed by atoms with Gasteiger partial charge in [0.25, 0.3) is 0 Å². The predicted molar refractivity (Wildman–Crippen MR) is 84.6 cm³/mol. The van der Waals surface area contributed by atoms with Gasteiger partial charge >= 0.3 is 6.18 Å². The SMILES string of the molecule is COc1ccc(CCC(=O)NCc2cccc(C(F)(F)F)c2)cc1F. The molecule has 0 aromatic heterocycles. The summed E-state index contributed by atoms with van der Waals surface area (Å²) in [5, 5.41) is 2.56. The van der Waals surface area contributed by atoms with Crippen molar-refractivity contribution in [2.45, 2.75) is 25.6 Å². The van der Waals surface area contributed by atoms with E-state index < -0.39 is 17.6 Å². The lowest BCUT2D eigenvalue weighted by molar-refractivity contribution is -0.137. The molecule has 1 amide bonds. The van der Waals surface area contributed by atoms with Crippen LogP contribution < -0.4 is 10.1 Å². The van der Waals surface area contributed by atoms with Crippen LogP contribution in [0.3, 0.4) is 0 Å². The highest BCUT2D eigenvalue weighted by atomic mass is 19.4. The summed E-state index contributed by atoms with van der Waals surface area (Å²) in [5.41, 5.74) is 0.235. The fraction of sp³-hybridized carbons (Fsp3) is 0.278. The molecule has 3 nitrogen and oxygen atoms in total. The third-order valence-electron chi connectivity index (χ3n) is 3.60. The zero-order valence-electron chi connectivity index (χ0n) is 13.5. The smallest absolute Gasteiger partial charge is 0.416 e. The molecule has 0 aliphatic heterocycles. The van der Waals surface area contributed by atoms with Gasteiger partial charge in [-0.1, -0.05) is 18.2 Å². The van der Waals surface area contributed by atoms with E-state index in [0.717, 1.165) is 12.1 Å². The summed E-state index contributed by atoms with van der Waals surface area (Å²) in [4.78, 5) is 11.8. The number of halogens is 4. The topological polar surface area (TPSA) is 38.3 Å². The van der Waals surface area contributed by atoms with Crippen LogP contribution >= 0.6 is 0 Å². The maximum Gasteiger partial charge on any atom is 0.416 e. The Morgan fingerprint density at radius 3 is 2.52 bits per heavy atom. The van der Waals surface area contributed by atoms with E-state index in [1.54, 1.807) is 6.07 Å². The molecule has 7 heteroatoms. The summed E-state index contributed by atoms with van der Waals surface area (Å²) >= 11 is 0. The number of carbonyl (C=O) groups excluding carboxylic acids is 1. The lowest BCUT2D eigenvalue weighted by Gasteiger charge is -2.10. The van der Waals surface area contributed by atoms with Crippen molar-refractivity contribution in [1.29, 1.82) is 0 Å². The molecule has 0 bridgehead atoms. The summed E-state index contributed by atoms with van der Waals surface area (Å²) in [6.45, 7) is -0.000271. The molecule has 0 aliphatic rings. The largest absolute Gasteiger partial charge is 0.494 e. The Kier molecular flexibility index (Phi) is 6.01. The lowest BCUT2D eigenvalue weighted by atomic mass is 10.1. The minimum Gasteiger partial charge on any atom is -0.494 e. The molecule has 0 unspecified atom stereocenters. The van der Waals surface area contributed by atoms with E-state index in [-0.39, 0.29) is 24.6 Å². The van der Waals surface area contributed by atoms with Crippen molar-refractivity contribution in [2.75, 3.05) is 7.11 Å². The van der Waals surface area contributed by atoms with Crippen LogP contribution in [-0.4, -0.2) is 13.0 Å². The molecule has 25 heavy (non-hydrogen) atoms. The number of alkyl halides is 3. The van der Waals surface area contributed by atoms with E-state index in [4.69, 9.17) is 4.74 Å². The molecule has 0 spiro atoms. The van der Waals surface area contributed by atoms with Crippen molar-refractivity contribution in [1.82, 2.24) is 5.32 Å². The summed E-state index contributed by atoms with van der Waals surface area (Å²) in [7, 11) is 1.36. The molecule has 0 heterocycles.